The summed E-state index contributed by atoms with van der Waals surface area (Å²) in [6.45, 7) is 1.24. The van der Waals surface area contributed by atoms with Gasteiger partial charge in [0.15, 0.2) is 10.9 Å². The van der Waals surface area contributed by atoms with Gasteiger partial charge in [-0.1, -0.05) is 11.8 Å². The van der Waals surface area contributed by atoms with Crippen LogP contribution >= 0.6 is 11.8 Å². The maximum absolute atomic E-state index is 12.4. The lowest BCUT2D eigenvalue weighted by atomic mass is 10.1. The van der Waals surface area contributed by atoms with Crippen molar-refractivity contribution < 1.29 is 13.9 Å². The number of hydrogen-bond acceptors (Lipinski definition) is 6. The third-order valence-corrected chi connectivity index (χ3v) is 4.81. The number of aromatic nitrogens is 3. The lowest BCUT2D eigenvalue weighted by Crippen LogP contribution is -2.05. The molecule has 0 unspecified atom stereocenters. The fourth-order valence-corrected chi connectivity index (χ4v) is 3.42. The van der Waals surface area contributed by atoms with Gasteiger partial charge < -0.3 is 13.7 Å². The summed E-state index contributed by atoms with van der Waals surface area (Å²) in [6.07, 6.45) is 4.14. The van der Waals surface area contributed by atoms with Gasteiger partial charge in [0.2, 0.25) is 0 Å². The molecule has 3 aromatic rings. The third kappa shape index (κ3) is 3.07. The molecule has 0 radical (unpaired) electrons. The summed E-state index contributed by atoms with van der Waals surface area (Å²) in [6, 6.07) is 9.36. The van der Waals surface area contributed by atoms with Gasteiger partial charge in [-0.2, -0.15) is 0 Å². The SMILES string of the molecule is O=C(CSc1nncn1Cc1ccco1)c1ccc2c(c1)CCO2. The van der Waals surface area contributed by atoms with Crippen LogP contribution in [0.3, 0.4) is 0 Å². The minimum Gasteiger partial charge on any atom is -0.493 e. The summed E-state index contributed by atoms with van der Waals surface area (Å²) in [7, 11) is 0. The van der Waals surface area contributed by atoms with E-state index in [2.05, 4.69) is 10.2 Å². The first-order valence-electron chi connectivity index (χ1n) is 7.61. The maximum Gasteiger partial charge on any atom is 0.191 e. The van der Waals surface area contributed by atoms with E-state index in [1.54, 1.807) is 12.6 Å². The number of hydrogen-bond donors (Lipinski definition) is 0. The molecule has 0 saturated heterocycles. The Morgan fingerprint density at radius 3 is 3.17 bits per heavy atom. The second kappa shape index (κ2) is 6.52. The van der Waals surface area contributed by atoms with Gasteiger partial charge in [-0.25, -0.2) is 0 Å². The summed E-state index contributed by atoms with van der Waals surface area (Å²) in [5, 5.41) is 8.70. The average molecular weight is 341 g/mol. The summed E-state index contributed by atoms with van der Waals surface area (Å²) >= 11 is 1.38. The number of Topliss-reactive ketones (excluding diaryl/α,β-unsaturated/α-hetero) is 1. The molecule has 1 aliphatic rings. The van der Waals surface area contributed by atoms with Gasteiger partial charge >= 0.3 is 0 Å². The van der Waals surface area contributed by atoms with Crippen LogP contribution in [-0.2, 0) is 13.0 Å². The van der Waals surface area contributed by atoms with Crippen molar-refractivity contribution >= 4 is 17.5 Å². The Morgan fingerprint density at radius 2 is 2.29 bits per heavy atom. The zero-order valence-corrected chi connectivity index (χ0v) is 13.7. The molecule has 0 bridgehead atoms. The predicted molar refractivity (Wildman–Crippen MR) is 88.5 cm³/mol. The minimum atomic E-state index is 0.0715. The molecule has 2 aromatic heterocycles. The van der Waals surface area contributed by atoms with E-state index in [4.69, 9.17) is 9.15 Å². The number of rotatable bonds is 6. The van der Waals surface area contributed by atoms with E-state index in [9.17, 15) is 4.79 Å². The summed E-state index contributed by atoms with van der Waals surface area (Å²) in [5.41, 5.74) is 1.82. The largest absolute Gasteiger partial charge is 0.493 e. The molecular formula is C17H15N3O3S. The number of carbonyl (C=O) groups excluding carboxylic acids is 1. The van der Waals surface area contributed by atoms with E-state index in [-0.39, 0.29) is 5.78 Å². The maximum atomic E-state index is 12.4. The number of ether oxygens (including phenoxy) is 1. The highest BCUT2D eigenvalue weighted by Crippen LogP contribution is 2.27. The van der Waals surface area contributed by atoms with Gasteiger partial charge in [0, 0.05) is 12.0 Å². The second-order valence-corrected chi connectivity index (χ2v) is 6.40. The van der Waals surface area contributed by atoms with E-state index in [0.717, 1.165) is 23.5 Å². The number of nitrogens with zero attached hydrogens (tertiary/aromatic N) is 3. The van der Waals surface area contributed by atoms with Crippen LogP contribution in [-0.4, -0.2) is 32.9 Å². The molecule has 3 heterocycles. The normalized spacial score (nSPS) is 12.8. The van der Waals surface area contributed by atoms with Crippen molar-refractivity contribution in [3.63, 3.8) is 0 Å². The Kier molecular flexibility index (Phi) is 4.08. The summed E-state index contributed by atoms with van der Waals surface area (Å²) in [5.74, 6) is 2.09. The van der Waals surface area contributed by atoms with E-state index < -0.39 is 0 Å². The van der Waals surface area contributed by atoms with Crippen molar-refractivity contribution in [1.29, 1.82) is 0 Å². The lowest BCUT2D eigenvalue weighted by Gasteiger charge is -2.05. The fourth-order valence-electron chi connectivity index (χ4n) is 2.61. The molecule has 1 aliphatic heterocycles. The zero-order chi connectivity index (χ0) is 16.4. The number of carbonyl (C=O) groups is 1. The van der Waals surface area contributed by atoms with Gasteiger partial charge in [-0.05, 0) is 35.9 Å². The third-order valence-electron chi connectivity index (χ3n) is 3.83. The molecule has 1 aromatic carbocycles. The molecule has 0 aliphatic carbocycles. The highest BCUT2D eigenvalue weighted by molar-refractivity contribution is 7.99. The molecule has 0 N–H and O–H groups in total. The second-order valence-electron chi connectivity index (χ2n) is 5.45. The van der Waals surface area contributed by atoms with Crippen LogP contribution < -0.4 is 4.74 Å². The standard InChI is InChI=1S/C17H15N3O3S/c21-15(12-3-4-16-13(8-12)5-7-23-16)10-24-17-19-18-11-20(17)9-14-2-1-6-22-14/h1-4,6,8,11H,5,7,9-10H2. The Balaban J connectivity index is 1.42. The van der Waals surface area contributed by atoms with E-state index in [1.165, 1.54) is 11.8 Å². The van der Waals surface area contributed by atoms with E-state index >= 15 is 0 Å². The molecule has 122 valence electrons. The number of fused-ring (bicyclic) bond motifs is 1. The van der Waals surface area contributed by atoms with Crippen LogP contribution in [0.5, 0.6) is 5.75 Å². The van der Waals surface area contributed by atoms with Crippen molar-refractivity contribution in [2.45, 2.75) is 18.1 Å². The molecule has 0 atom stereocenters. The highest BCUT2D eigenvalue weighted by atomic mass is 32.2. The van der Waals surface area contributed by atoms with E-state index in [1.807, 2.05) is 34.9 Å². The van der Waals surface area contributed by atoms with Crippen LogP contribution in [0, 0.1) is 0 Å². The number of thioether (sulfide) groups is 1. The topological polar surface area (TPSA) is 70.2 Å². The van der Waals surface area contributed by atoms with Crippen molar-refractivity contribution in [3.8, 4) is 5.75 Å². The van der Waals surface area contributed by atoms with Crippen LogP contribution in [0.4, 0.5) is 0 Å². The van der Waals surface area contributed by atoms with Crippen LogP contribution in [0.25, 0.3) is 0 Å². The minimum absolute atomic E-state index is 0.0715. The van der Waals surface area contributed by atoms with Crippen LogP contribution in [0.15, 0.2) is 52.5 Å². The lowest BCUT2D eigenvalue weighted by molar-refractivity contribution is 0.102. The molecule has 0 amide bonds. The van der Waals surface area contributed by atoms with Gasteiger partial charge in [0.25, 0.3) is 0 Å². The Hall–Kier alpha value is -2.54. The van der Waals surface area contributed by atoms with Crippen molar-refractivity contribution in [3.05, 3.63) is 59.8 Å². The first-order chi connectivity index (χ1) is 11.8. The van der Waals surface area contributed by atoms with Crippen LogP contribution in [0.2, 0.25) is 0 Å². The molecular weight excluding hydrogens is 326 g/mol. The number of benzene rings is 1. The van der Waals surface area contributed by atoms with Gasteiger partial charge in [-0.3, -0.25) is 4.79 Å². The molecule has 4 rings (SSSR count). The Bertz CT molecular complexity index is 858. The van der Waals surface area contributed by atoms with Gasteiger partial charge in [0.1, 0.15) is 17.8 Å². The number of furan rings is 1. The van der Waals surface area contributed by atoms with Crippen LogP contribution in [0.1, 0.15) is 21.7 Å². The molecule has 0 fully saturated rings. The zero-order valence-electron chi connectivity index (χ0n) is 12.8. The summed E-state index contributed by atoms with van der Waals surface area (Å²) in [4.78, 5) is 12.4. The van der Waals surface area contributed by atoms with Gasteiger partial charge in [0.05, 0.1) is 25.2 Å². The first-order valence-corrected chi connectivity index (χ1v) is 8.60. The summed E-state index contributed by atoms with van der Waals surface area (Å²) < 4.78 is 12.7. The van der Waals surface area contributed by atoms with Gasteiger partial charge in [-0.15, -0.1) is 10.2 Å². The Morgan fingerprint density at radius 1 is 1.33 bits per heavy atom. The van der Waals surface area contributed by atoms with Crippen molar-refractivity contribution in [2.75, 3.05) is 12.4 Å². The molecule has 7 heteroatoms. The first kappa shape index (κ1) is 15.0. The highest BCUT2D eigenvalue weighted by Gasteiger charge is 2.16. The average Bonchev–Trinajstić information content (AvgIpc) is 3.34. The van der Waals surface area contributed by atoms with Crippen molar-refractivity contribution in [2.24, 2.45) is 0 Å². The molecule has 0 spiro atoms. The van der Waals surface area contributed by atoms with Crippen molar-refractivity contribution in [1.82, 2.24) is 14.8 Å². The molecule has 24 heavy (non-hydrogen) atoms. The molecule has 0 saturated carbocycles. The fraction of sp³-hybridized carbons (Fsp3) is 0.235. The molecule has 6 nitrogen and oxygen atoms in total. The predicted octanol–water partition coefficient (Wildman–Crippen LogP) is 2.83. The number of ketones is 1. The quantitative estimate of drug-likeness (QED) is 0.507. The monoisotopic (exact) mass is 341 g/mol. The smallest absolute Gasteiger partial charge is 0.191 e. The van der Waals surface area contributed by atoms with E-state index in [0.29, 0.717) is 29.6 Å². The Labute approximate surface area is 142 Å².